The molecule has 0 radical (unpaired) electrons. The molecular formula is C12H23NO3. The van der Waals surface area contributed by atoms with Crippen LogP contribution in [-0.2, 0) is 9.53 Å². The number of rotatable bonds is 6. The number of nitrogens with zero attached hydrogens (tertiary/aromatic N) is 1. The lowest BCUT2D eigenvalue weighted by Crippen LogP contribution is -2.42. The highest BCUT2D eigenvalue weighted by atomic mass is 16.5. The summed E-state index contributed by atoms with van der Waals surface area (Å²) in [4.78, 5) is 13.3. The molecule has 1 fully saturated rings. The van der Waals surface area contributed by atoms with E-state index < -0.39 is 5.97 Å². The predicted octanol–water partition coefficient (Wildman–Crippen LogP) is 1.74. The van der Waals surface area contributed by atoms with Crippen molar-refractivity contribution in [1.82, 2.24) is 4.90 Å². The third kappa shape index (κ3) is 4.49. The minimum atomic E-state index is -0.707. The molecule has 4 nitrogen and oxygen atoms in total. The molecule has 0 aliphatic carbocycles. The normalized spacial score (nSPS) is 20.3. The van der Waals surface area contributed by atoms with E-state index in [-0.39, 0.29) is 6.04 Å². The lowest BCUT2D eigenvalue weighted by molar-refractivity contribution is -0.144. The van der Waals surface area contributed by atoms with E-state index in [4.69, 9.17) is 4.74 Å². The van der Waals surface area contributed by atoms with Gasteiger partial charge in [0.1, 0.15) is 6.04 Å². The van der Waals surface area contributed by atoms with Crippen LogP contribution in [0.25, 0.3) is 0 Å². The van der Waals surface area contributed by atoms with E-state index in [0.717, 1.165) is 25.9 Å². The van der Waals surface area contributed by atoms with Crippen LogP contribution in [0, 0.1) is 0 Å². The Morgan fingerprint density at radius 2 is 1.94 bits per heavy atom. The molecule has 1 N–H and O–H groups in total. The third-order valence-electron chi connectivity index (χ3n) is 3.11. The van der Waals surface area contributed by atoms with Crippen molar-refractivity contribution in [3.8, 4) is 0 Å². The number of carbonyl (C=O) groups is 1. The average molecular weight is 229 g/mol. The van der Waals surface area contributed by atoms with E-state index in [1.165, 1.54) is 12.8 Å². The van der Waals surface area contributed by atoms with Crippen molar-refractivity contribution >= 4 is 5.97 Å². The summed E-state index contributed by atoms with van der Waals surface area (Å²) in [5, 5.41) is 9.22. The van der Waals surface area contributed by atoms with Crippen molar-refractivity contribution in [3.05, 3.63) is 0 Å². The van der Waals surface area contributed by atoms with Gasteiger partial charge in [-0.2, -0.15) is 0 Å². The summed E-state index contributed by atoms with van der Waals surface area (Å²) < 4.78 is 5.25. The van der Waals surface area contributed by atoms with Gasteiger partial charge in [-0.05, 0) is 39.3 Å². The first-order chi connectivity index (χ1) is 7.75. The number of carboxylic acids is 1. The number of hydrogen-bond donors (Lipinski definition) is 1. The zero-order valence-corrected chi connectivity index (χ0v) is 10.2. The Bertz CT molecular complexity index is 200. The number of carboxylic acid groups (broad SMARTS) is 1. The van der Waals surface area contributed by atoms with Gasteiger partial charge < -0.3 is 9.84 Å². The Balaban J connectivity index is 2.43. The third-order valence-corrected chi connectivity index (χ3v) is 3.11. The Labute approximate surface area is 97.6 Å². The largest absolute Gasteiger partial charge is 0.480 e. The second kappa shape index (κ2) is 7.63. The number of likely N-dealkylation sites (tertiary alicyclic amines) is 1. The fraction of sp³-hybridized carbons (Fsp3) is 0.917. The molecule has 0 aromatic heterocycles. The molecule has 16 heavy (non-hydrogen) atoms. The summed E-state index contributed by atoms with van der Waals surface area (Å²) in [5.41, 5.74) is 0. The first-order valence-electron chi connectivity index (χ1n) is 6.30. The fourth-order valence-corrected chi connectivity index (χ4v) is 2.21. The zero-order chi connectivity index (χ0) is 11.8. The summed E-state index contributed by atoms with van der Waals surface area (Å²) in [6.07, 6.45) is 5.31. The predicted molar refractivity (Wildman–Crippen MR) is 62.6 cm³/mol. The molecule has 0 bridgehead atoms. The van der Waals surface area contributed by atoms with Crippen LogP contribution < -0.4 is 0 Å². The van der Waals surface area contributed by atoms with Crippen LogP contribution in [0.3, 0.4) is 0 Å². The van der Waals surface area contributed by atoms with Crippen molar-refractivity contribution in [2.45, 2.75) is 45.1 Å². The molecule has 94 valence electrons. The Morgan fingerprint density at radius 1 is 1.31 bits per heavy atom. The van der Waals surface area contributed by atoms with Crippen LogP contribution >= 0.6 is 0 Å². The summed E-state index contributed by atoms with van der Waals surface area (Å²) in [6.45, 7) is 4.98. The highest BCUT2D eigenvalue weighted by molar-refractivity contribution is 5.73. The topological polar surface area (TPSA) is 49.8 Å². The van der Waals surface area contributed by atoms with Crippen LogP contribution in [0.5, 0.6) is 0 Å². The van der Waals surface area contributed by atoms with Crippen molar-refractivity contribution < 1.29 is 14.6 Å². The van der Waals surface area contributed by atoms with Crippen molar-refractivity contribution in [1.29, 1.82) is 0 Å². The summed E-state index contributed by atoms with van der Waals surface area (Å²) in [7, 11) is 0. The molecule has 0 aromatic carbocycles. The molecule has 0 saturated carbocycles. The molecule has 0 aromatic rings. The summed E-state index contributed by atoms with van der Waals surface area (Å²) in [5.74, 6) is -0.707. The molecular weight excluding hydrogens is 206 g/mol. The van der Waals surface area contributed by atoms with Gasteiger partial charge in [0, 0.05) is 13.2 Å². The maximum atomic E-state index is 11.2. The maximum absolute atomic E-state index is 11.2. The molecule has 1 unspecified atom stereocenters. The zero-order valence-electron chi connectivity index (χ0n) is 10.2. The van der Waals surface area contributed by atoms with Gasteiger partial charge in [0.05, 0.1) is 0 Å². The number of ether oxygens (including phenoxy) is 1. The van der Waals surface area contributed by atoms with Crippen LogP contribution in [0.4, 0.5) is 0 Å². The van der Waals surface area contributed by atoms with Crippen LogP contribution in [0.15, 0.2) is 0 Å². The van der Waals surface area contributed by atoms with Gasteiger partial charge in [0.25, 0.3) is 0 Å². The van der Waals surface area contributed by atoms with Gasteiger partial charge in [0.2, 0.25) is 0 Å². The molecule has 1 saturated heterocycles. The lowest BCUT2D eigenvalue weighted by Gasteiger charge is -2.27. The van der Waals surface area contributed by atoms with Gasteiger partial charge in [-0.25, -0.2) is 0 Å². The van der Waals surface area contributed by atoms with Gasteiger partial charge >= 0.3 is 5.97 Å². The van der Waals surface area contributed by atoms with Crippen molar-refractivity contribution in [3.63, 3.8) is 0 Å². The van der Waals surface area contributed by atoms with Gasteiger partial charge in [-0.3, -0.25) is 9.69 Å². The van der Waals surface area contributed by atoms with Crippen molar-refractivity contribution in [2.75, 3.05) is 26.3 Å². The quantitative estimate of drug-likeness (QED) is 0.705. The van der Waals surface area contributed by atoms with Gasteiger partial charge in [-0.15, -0.1) is 0 Å². The molecule has 1 aliphatic heterocycles. The van der Waals surface area contributed by atoms with Crippen LogP contribution in [0.2, 0.25) is 0 Å². The monoisotopic (exact) mass is 229 g/mol. The van der Waals surface area contributed by atoms with Gasteiger partial charge in [0.15, 0.2) is 0 Å². The molecule has 1 atom stereocenters. The Hall–Kier alpha value is -0.610. The average Bonchev–Trinajstić information content (AvgIpc) is 2.52. The van der Waals surface area contributed by atoms with E-state index in [9.17, 15) is 9.90 Å². The van der Waals surface area contributed by atoms with E-state index in [2.05, 4.69) is 4.90 Å². The fourth-order valence-electron chi connectivity index (χ4n) is 2.21. The smallest absolute Gasteiger partial charge is 0.321 e. The highest BCUT2D eigenvalue weighted by Crippen LogP contribution is 2.14. The molecule has 4 heteroatoms. The highest BCUT2D eigenvalue weighted by Gasteiger charge is 2.25. The molecule has 0 spiro atoms. The molecule has 1 heterocycles. The summed E-state index contributed by atoms with van der Waals surface area (Å²) >= 11 is 0. The van der Waals surface area contributed by atoms with E-state index in [1.54, 1.807) is 0 Å². The Morgan fingerprint density at radius 3 is 2.44 bits per heavy atom. The van der Waals surface area contributed by atoms with E-state index >= 15 is 0 Å². The number of aliphatic carboxylic acids is 1. The SMILES string of the molecule is CCOCCC(C(=O)O)N1CCCCCC1. The molecule has 1 rings (SSSR count). The van der Waals surface area contributed by atoms with Crippen LogP contribution in [0.1, 0.15) is 39.0 Å². The first-order valence-corrected chi connectivity index (χ1v) is 6.30. The number of hydrogen-bond acceptors (Lipinski definition) is 3. The standard InChI is InChI=1S/C12H23NO3/c1-2-16-10-7-11(12(14)15)13-8-5-3-4-6-9-13/h11H,2-10H2,1H3,(H,14,15). The van der Waals surface area contributed by atoms with Crippen LogP contribution in [-0.4, -0.2) is 48.3 Å². The Kier molecular flexibility index (Phi) is 6.42. The summed E-state index contributed by atoms with van der Waals surface area (Å²) in [6, 6.07) is -0.357. The first kappa shape index (κ1) is 13.5. The molecule has 0 amide bonds. The van der Waals surface area contributed by atoms with E-state index in [0.29, 0.717) is 19.6 Å². The van der Waals surface area contributed by atoms with Crippen molar-refractivity contribution in [2.24, 2.45) is 0 Å². The van der Waals surface area contributed by atoms with Gasteiger partial charge in [-0.1, -0.05) is 12.8 Å². The maximum Gasteiger partial charge on any atom is 0.321 e. The minimum absolute atomic E-state index is 0.357. The lowest BCUT2D eigenvalue weighted by atomic mass is 10.1. The second-order valence-electron chi connectivity index (χ2n) is 4.29. The minimum Gasteiger partial charge on any atom is -0.480 e. The second-order valence-corrected chi connectivity index (χ2v) is 4.29. The molecule has 1 aliphatic rings. The van der Waals surface area contributed by atoms with E-state index in [1.807, 2.05) is 6.92 Å².